The van der Waals surface area contributed by atoms with Crippen LogP contribution in [0.25, 0.3) is 11.4 Å². The molecule has 1 heterocycles. The lowest BCUT2D eigenvalue weighted by atomic mass is 9.98. The van der Waals surface area contributed by atoms with Gasteiger partial charge in [0.1, 0.15) is 0 Å². The number of hydrogen-bond donors (Lipinski definition) is 1. The molecular weight excluding hydrogens is 617 g/mol. The summed E-state index contributed by atoms with van der Waals surface area (Å²) in [4.78, 5) is 32.7. The van der Waals surface area contributed by atoms with Gasteiger partial charge >= 0.3 is 0 Å². The molecule has 0 spiro atoms. The molecule has 0 saturated heterocycles. The highest BCUT2D eigenvalue weighted by molar-refractivity contribution is 6.21. The molecule has 0 aliphatic carbocycles. The van der Waals surface area contributed by atoms with Gasteiger partial charge < -0.3 is 20.0 Å². The van der Waals surface area contributed by atoms with Crippen LogP contribution < -0.4 is 15.1 Å². The average molecular weight is 653 g/mol. The summed E-state index contributed by atoms with van der Waals surface area (Å²) >= 11 is 0. The standard InChI is InChI=1S/C44H36N4O2/c1-45-42(32-23-27-38(28-24-32)47(34-15-7-3-8-16-34)35-17-9-4-10-18-35)41-40(31-49)43(46(2)44(41)50)33-25-29-39(30-26-33)48(36-19-11-5-12-20-36)37-21-13-6-14-22-37/h3-31,45H,1-2H3/b42-41+. The summed E-state index contributed by atoms with van der Waals surface area (Å²) in [6.07, 6.45) is 0.790. The number of rotatable bonds is 10. The molecule has 0 bridgehead atoms. The molecule has 1 aliphatic rings. The van der Waals surface area contributed by atoms with Gasteiger partial charge in [0.05, 0.1) is 22.5 Å². The number of hydrogen-bond acceptors (Lipinski definition) is 5. The summed E-state index contributed by atoms with van der Waals surface area (Å²) in [6, 6.07) is 56.7. The number of nitrogens with one attached hydrogen (secondary N) is 1. The molecule has 244 valence electrons. The molecule has 0 fully saturated rings. The second-order valence-electron chi connectivity index (χ2n) is 11.9. The first-order valence-corrected chi connectivity index (χ1v) is 16.5. The van der Waals surface area contributed by atoms with Gasteiger partial charge in [-0.2, -0.15) is 0 Å². The van der Waals surface area contributed by atoms with Crippen molar-refractivity contribution in [3.63, 3.8) is 0 Å². The fourth-order valence-electron chi connectivity index (χ4n) is 6.55. The lowest BCUT2D eigenvalue weighted by Gasteiger charge is -2.25. The third-order valence-electron chi connectivity index (χ3n) is 8.87. The third kappa shape index (κ3) is 6.06. The quantitative estimate of drug-likeness (QED) is 0.118. The minimum Gasteiger partial charge on any atom is -0.387 e. The van der Waals surface area contributed by atoms with Crippen LogP contribution >= 0.6 is 0 Å². The van der Waals surface area contributed by atoms with E-state index in [9.17, 15) is 9.59 Å². The minimum absolute atomic E-state index is 0.245. The molecule has 1 amide bonds. The monoisotopic (exact) mass is 652 g/mol. The van der Waals surface area contributed by atoms with Crippen LogP contribution in [-0.2, 0) is 9.59 Å². The van der Waals surface area contributed by atoms with Gasteiger partial charge in [0, 0.05) is 48.2 Å². The van der Waals surface area contributed by atoms with Gasteiger partial charge in [0.25, 0.3) is 5.91 Å². The Labute approximate surface area is 292 Å². The fraction of sp³-hybridized carbons (Fsp3) is 0.0455. The van der Waals surface area contributed by atoms with Crippen LogP contribution in [0, 0.1) is 0 Å². The smallest absolute Gasteiger partial charge is 0.260 e. The van der Waals surface area contributed by atoms with Crippen molar-refractivity contribution in [2.75, 3.05) is 23.9 Å². The van der Waals surface area contributed by atoms with Gasteiger partial charge in [-0.15, -0.1) is 0 Å². The molecule has 0 unspecified atom stereocenters. The molecule has 6 aromatic rings. The number of nitrogens with zero attached hydrogens (tertiary/aromatic N) is 3. The molecule has 0 radical (unpaired) electrons. The Kier molecular flexibility index (Phi) is 9.08. The van der Waals surface area contributed by atoms with E-state index in [1.54, 1.807) is 19.0 Å². The second-order valence-corrected chi connectivity index (χ2v) is 11.9. The van der Waals surface area contributed by atoms with Crippen LogP contribution in [0.4, 0.5) is 34.1 Å². The van der Waals surface area contributed by atoms with Gasteiger partial charge in [-0.1, -0.05) is 97.1 Å². The normalized spacial score (nSPS) is 13.6. The maximum absolute atomic E-state index is 13.9. The van der Waals surface area contributed by atoms with E-state index in [0.717, 1.165) is 51.5 Å². The first-order chi connectivity index (χ1) is 24.6. The van der Waals surface area contributed by atoms with E-state index in [4.69, 9.17) is 0 Å². The summed E-state index contributed by atoms with van der Waals surface area (Å²) in [6.45, 7) is 0. The van der Waals surface area contributed by atoms with Gasteiger partial charge in [-0.25, -0.2) is 0 Å². The van der Waals surface area contributed by atoms with Crippen LogP contribution in [-0.4, -0.2) is 31.2 Å². The van der Waals surface area contributed by atoms with Crippen LogP contribution in [0.5, 0.6) is 0 Å². The summed E-state index contributed by atoms with van der Waals surface area (Å²) in [7, 11) is 3.50. The zero-order chi connectivity index (χ0) is 34.5. The Morgan fingerprint density at radius 1 is 0.540 bits per heavy atom. The van der Waals surface area contributed by atoms with Crippen molar-refractivity contribution in [2.45, 2.75) is 0 Å². The first kappa shape index (κ1) is 31.9. The predicted octanol–water partition coefficient (Wildman–Crippen LogP) is 9.64. The topological polar surface area (TPSA) is 55.9 Å². The van der Waals surface area contributed by atoms with Crippen molar-refractivity contribution < 1.29 is 9.59 Å². The Bertz CT molecular complexity index is 2080. The van der Waals surface area contributed by atoms with E-state index in [-0.39, 0.29) is 5.91 Å². The molecule has 1 N–H and O–H groups in total. The number of carbonyl (C=O) groups excluding carboxylic acids is 2. The second kappa shape index (κ2) is 14.2. The average Bonchev–Trinajstić information content (AvgIpc) is 3.43. The van der Waals surface area contributed by atoms with Gasteiger partial charge in [0.15, 0.2) is 6.29 Å². The van der Waals surface area contributed by atoms with Crippen LogP contribution in [0.3, 0.4) is 0 Å². The molecule has 6 aromatic carbocycles. The molecule has 6 nitrogen and oxygen atoms in total. The molecule has 50 heavy (non-hydrogen) atoms. The van der Waals surface area contributed by atoms with E-state index in [1.807, 2.05) is 121 Å². The third-order valence-corrected chi connectivity index (χ3v) is 8.87. The number of anilines is 6. The van der Waals surface area contributed by atoms with E-state index < -0.39 is 0 Å². The zero-order valence-corrected chi connectivity index (χ0v) is 27.9. The highest BCUT2D eigenvalue weighted by Crippen LogP contribution is 2.40. The van der Waals surface area contributed by atoms with Crippen molar-refractivity contribution in [1.29, 1.82) is 0 Å². The molecule has 6 heteroatoms. The van der Waals surface area contributed by atoms with E-state index in [2.05, 4.69) is 63.6 Å². The lowest BCUT2D eigenvalue weighted by molar-refractivity contribution is -0.122. The van der Waals surface area contributed by atoms with Gasteiger partial charge in [-0.3, -0.25) is 9.59 Å². The van der Waals surface area contributed by atoms with Crippen molar-refractivity contribution in [1.82, 2.24) is 10.2 Å². The number of para-hydroxylation sites is 4. The maximum Gasteiger partial charge on any atom is 0.260 e. The van der Waals surface area contributed by atoms with Crippen molar-refractivity contribution in [2.24, 2.45) is 0 Å². The van der Waals surface area contributed by atoms with Gasteiger partial charge in [0.2, 0.25) is 0 Å². The number of benzene rings is 6. The number of carbonyl (C=O) groups is 2. The highest BCUT2D eigenvalue weighted by Gasteiger charge is 2.36. The SMILES string of the molecule is CN/C(=C1/C(=O)N(C)C(c2ccc(N(c3ccccc3)c3ccccc3)cc2)=C1C=O)c1ccc(N(c2ccccc2)c2ccccc2)cc1. The zero-order valence-electron chi connectivity index (χ0n) is 27.9. The summed E-state index contributed by atoms with van der Waals surface area (Å²) in [5.74, 6) is -0.245. The molecule has 7 rings (SSSR count). The van der Waals surface area contributed by atoms with Crippen LogP contribution in [0.1, 0.15) is 11.1 Å². The molecule has 1 aliphatic heterocycles. The lowest BCUT2D eigenvalue weighted by Crippen LogP contribution is -2.22. The molecule has 0 atom stereocenters. The molecule has 0 aromatic heterocycles. The van der Waals surface area contributed by atoms with Crippen LogP contribution in [0.2, 0.25) is 0 Å². The molecule has 0 saturated carbocycles. The van der Waals surface area contributed by atoms with Gasteiger partial charge in [-0.05, 0) is 83.9 Å². The summed E-state index contributed by atoms with van der Waals surface area (Å²) in [5, 5.41) is 3.24. The first-order valence-electron chi connectivity index (χ1n) is 16.5. The number of aldehydes is 1. The highest BCUT2D eigenvalue weighted by atomic mass is 16.2. The summed E-state index contributed by atoms with van der Waals surface area (Å²) < 4.78 is 0. The van der Waals surface area contributed by atoms with Crippen molar-refractivity contribution >= 4 is 57.7 Å². The fourth-order valence-corrected chi connectivity index (χ4v) is 6.55. The minimum atomic E-state index is -0.245. The summed E-state index contributed by atoms with van der Waals surface area (Å²) in [5.41, 5.74) is 9.46. The number of likely N-dealkylation sites (N-methyl/N-ethyl adjacent to an activating group) is 1. The van der Waals surface area contributed by atoms with Crippen molar-refractivity contribution in [3.8, 4) is 0 Å². The largest absolute Gasteiger partial charge is 0.387 e. The van der Waals surface area contributed by atoms with E-state index in [0.29, 0.717) is 22.5 Å². The van der Waals surface area contributed by atoms with E-state index >= 15 is 0 Å². The van der Waals surface area contributed by atoms with Crippen molar-refractivity contribution in [3.05, 3.63) is 192 Å². The Morgan fingerprint density at radius 3 is 1.26 bits per heavy atom. The molecular formula is C44H36N4O2. The number of amides is 1. The maximum atomic E-state index is 13.9. The van der Waals surface area contributed by atoms with Crippen LogP contribution in [0.15, 0.2) is 181 Å². The Morgan fingerprint density at radius 2 is 0.900 bits per heavy atom. The Hall–Kier alpha value is -6.66. The predicted molar refractivity (Wildman–Crippen MR) is 204 cm³/mol. The van der Waals surface area contributed by atoms with E-state index in [1.165, 1.54) is 0 Å². The Balaban J connectivity index is 1.26.